The van der Waals surface area contributed by atoms with Crippen molar-refractivity contribution in [2.24, 2.45) is 0 Å². The van der Waals surface area contributed by atoms with Crippen LogP contribution in [-0.4, -0.2) is 50.0 Å². The first kappa shape index (κ1) is 28.4. The Balaban J connectivity index is 1.26. The van der Waals surface area contributed by atoms with Gasteiger partial charge in [0.25, 0.3) is 0 Å². The summed E-state index contributed by atoms with van der Waals surface area (Å²) in [5.74, 6) is 1.08. The molecule has 2 N–H and O–H groups in total. The Labute approximate surface area is 232 Å². The van der Waals surface area contributed by atoms with Gasteiger partial charge < -0.3 is 20.3 Å². The zero-order valence-electron chi connectivity index (χ0n) is 23.2. The van der Waals surface area contributed by atoms with E-state index < -0.39 is 0 Å². The van der Waals surface area contributed by atoms with E-state index >= 15 is 0 Å². The number of carbonyl (C=O) groups is 2. The van der Waals surface area contributed by atoms with Crippen LogP contribution in [0.4, 0.5) is 5.69 Å². The van der Waals surface area contributed by atoms with Gasteiger partial charge in [0, 0.05) is 18.7 Å². The predicted octanol–water partition coefficient (Wildman–Crippen LogP) is 5.95. The second-order valence-electron chi connectivity index (χ2n) is 10.3. The second kappa shape index (κ2) is 14.5. The summed E-state index contributed by atoms with van der Waals surface area (Å²) >= 11 is 0. The molecule has 0 aromatic heterocycles. The van der Waals surface area contributed by atoms with Crippen LogP contribution in [-0.2, 0) is 9.59 Å². The number of nitrogens with zero attached hydrogens (tertiary/aromatic N) is 1. The number of piperidine rings is 1. The van der Waals surface area contributed by atoms with E-state index in [0.29, 0.717) is 18.9 Å². The van der Waals surface area contributed by atoms with Crippen molar-refractivity contribution >= 4 is 17.5 Å². The number of likely N-dealkylation sites (tertiary alicyclic amines) is 1. The van der Waals surface area contributed by atoms with Crippen molar-refractivity contribution in [3.63, 3.8) is 0 Å². The van der Waals surface area contributed by atoms with Crippen molar-refractivity contribution in [1.82, 2.24) is 10.2 Å². The molecule has 39 heavy (non-hydrogen) atoms. The number of nitrogens with one attached hydrogen (secondary N) is 2. The van der Waals surface area contributed by atoms with Crippen LogP contribution < -0.4 is 15.4 Å². The van der Waals surface area contributed by atoms with Crippen LogP contribution in [0.15, 0.2) is 78.9 Å². The topological polar surface area (TPSA) is 70.7 Å². The van der Waals surface area contributed by atoms with Gasteiger partial charge in [0.05, 0.1) is 13.0 Å². The lowest BCUT2D eigenvalue weighted by atomic mass is 9.88. The molecule has 2 amide bonds. The van der Waals surface area contributed by atoms with Gasteiger partial charge in [0.15, 0.2) is 0 Å². The van der Waals surface area contributed by atoms with Gasteiger partial charge in [-0.25, -0.2) is 0 Å². The van der Waals surface area contributed by atoms with Crippen molar-refractivity contribution in [2.45, 2.75) is 50.9 Å². The number of hydrogen-bond donors (Lipinski definition) is 2. The standard InChI is InChI=1S/C33H41N3O3/c1-3-11-31(37)35-28-16-17-30(39-2)29(24-28)25-18-22-36(23-19-25)21-10-20-34-33(38)32(26-12-6-4-7-13-26)27-14-8-5-9-15-27/h4-9,12-17,24-25,32H,3,10-11,18-23H2,1-2H3,(H,34,38)(H,35,37). The number of rotatable bonds is 12. The number of amides is 2. The van der Waals surface area contributed by atoms with E-state index in [1.807, 2.05) is 79.7 Å². The minimum Gasteiger partial charge on any atom is -0.496 e. The molecular formula is C33H41N3O3. The fourth-order valence-electron chi connectivity index (χ4n) is 5.45. The van der Waals surface area contributed by atoms with E-state index in [4.69, 9.17) is 4.74 Å². The highest BCUT2D eigenvalue weighted by molar-refractivity contribution is 5.91. The average molecular weight is 528 g/mol. The van der Waals surface area contributed by atoms with Crippen molar-refractivity contribution in [3.8, 4) is 5.75 Å². The summed E-state index contributed by atoms with van der Waals surface area (Å²) in [6.07, 6.45) is 4.35. The molecule has 0 bridgehead atoms. The third-order valence-corrected chi connectivity index (χ3v) is 7.50. The fraction of sp³-hybridized carbons (Fsp3) is 0.394. The van der Waals surface area contributed by atoms with Gasteiger partial charge in [0.1, 0.15) is 5.75 Å². The van der Waals surface area contributed by atoms with Crippen molar-refractivity contribution < 1.29 is 14.3 Å². The van der Waals surface area contributed by atoms with E-state index in [1.54, 1.807) is 7.11 Å². The Bertz CT molecular complexity index is 1150. The van der Waals surface area contributed by atoms with Gasteiger partial charge in [-0.15, -0.1) is 0 Å². The summed E-state index contributed by atoms with van der Waals surface area (Å²) in [5, 5.41) is 6.20. The maximum absolute atomic E-state index is 13.2. The molecule has 0 unspecified atom stereocenters. The molecule has 0 radical (unpaired) electrons. The zero-order valence-corrected chi connectivity index (χ0v) is 23.2. The van der Waals surface area contributed by atoms with Crippen LogP contribution in [0.2, 0.25) is 0 Å². The van der Waals surface area contributed by atoms with Crippen LogP contribution in [0.25, 0.3) is 0 Å². The largest absolute Gasteiger partial charge is 0.496 e. The number of hydrogen-bond acceptors (Lipinski definition) is 4. The minimum absolute atomic E-state index is 0.0455. The van der Waals surface area contributed by atoms with Crippen molar-refractivity contribution in [2.75, 3.05) is 38.6 Å². The number of benzene rings is 3. The van der Waals surface area contributed by atoms with Gasteiger partial charge >= 0.3 is 0 Å². The second-order valence-corrected chi connectivity index (χ2v) is 10.3. The van der Waals surface area contributed by atoms with Gasteiger partial charge in [-0.1, -0.05) is 67.6 Å². The van der Waals surface area contributed by atoms with E-state index in [1.165, 1.54) is 5.56 Å². The lowest BCUT2D eigenvalue weighted by Gasteiger charge is -2.33. The van der Waals surface area contributed by atoms with E-state index in [9.17, 15) is 9.59 Å². The SMILES string of the molecule is CCCC(=O)Nc1ccc(OC)c(C2CCN(CCCNC(=O)C(c3ccccc3)c3ccccc3)CC2)c1. The van der Waals surface area contributed by atoms with Crippen LogP contribution in [0.3, 0.4) is 0 Å². The Morgan fingerprint density at radius 3 is 2.18 bits per heavy atom. The minimum atomic E-state index is -0.305. The molecule has 0 aliphatic carbocycles. The first-order valence-corrected chi connectivity index (χ1v) is 14.2. The zero-order chi connectivity index (χ0) is 27.5. The molecule has 206 valence electrons. The molecular weight excluding hydrogens is 486 g/mol. The van der Waals surface area contributed by atoms with Gasteiger partial charge in [-0.3, -0.25) is 9.59 Å². The van der Waals surface area contributed by atoms with Crippen LogP contribution >= 0.6 is 0 Å². The van der Waals surface area contributed by atoms with Crippen molar-refractivity contribution in [3.05, 3.63) is 95.6 Å². The lowest BCUT2D eigenvalue weighted by Crippen LogP contribution is -2.36. The number of anilines is 1. The quantitative estimate of drug-likeness (QED) is 0.286. The Morgan fingerprint density at radius 1 is 0.949 bits per heavy atom. The summed E-state index contributed by atoms with van der Waals surface area (Å²) in [4.78, 5) is 27.8. The highest BCUT2D eigenvalue weighted by atomic mass is 16.5. The Morgan fingerprint density at radius 2 is 1.59 bits per heavy atom. The molecule has 6 nitrogen and oxygen atoms in total. The first-order valence-electron chi connectivity index (χ1n) is 14.2. The molecule has 1 fully saturated rings. The summed E-state index contributed by atoms with van der Waals surface area (Å²) in [6.45, 7) is 5.63. The maximum atomic E-state index is 13.2. The van der Waals surface area contributed by atoms with E-state index in [2.05, 4.69) is 21.6 Å². The Hall–Kier alpha value is -3.64. The third-order valence-electron chi connectivity index (χ3n) is 7.50. The van der Waals surface area contributed by atoms with Gasteiger partial charge in [0.2, 0.25) is 11.8 Å². The van der Waals surface area contributed by atoms with Crippen LogP contribution in [0.1, 0.15) is 67.6 Å². The predicted molar refractivity (Wildman–Crippen MR) is 157 cm³/mol. The molecule has 1 aliphatic heterocycles. The lowest BCUT2D eigenvalue weighted by molar-refractivity contribution is -0.121. The normalized spacial score (nSPS) is 14.2. The summed E-state index contributed by atoms with van der Waals surface area (Å²) in [6, 6.07) is 25.9. The highest BCUT2D eigenvalue weighted by Crippen LogP contribution is 2.36. The van der Waals surface area contributed by atoms with Crippen molar-refractivity contribution in [1.29, 1.82) is 0 Å². The molecule has 3 aromatic rings. The number of methoxy groups -OCH3 is 1. The van der Waals surface area contributed by atoms with Crippen LogP contribution in [0, 0.1) is 0 Å². The molecule has 1 saturated heterocycles. The summed E-state index contributed by atoms with van der Waals surface area (Å²) in [7, 11) is 1.71. The van der Waals surface area contributed by atoms with Gasteiger partial charge in [-0.05, 0) is 86.1 Å². The van der Waals surface area contributed by atoms with Gasteiger partial charge in [-0.2, -0.15) is 0 Å². The average Bonchev–Trinajstić information content (AvgIpc) is 2.97. The Kier molecular flexibility index (Phi) is 10.5. The molecule has 0 saturated carbocycles. The highest BCUT2D eigenvalue weighted by Gasteiger charge is 2.24. The molecule has 0 spiro atoms. The van der Waals surface area contributed by atoms with E-state index in [0.717, 1.165) is 67.9 Å². The molecule has 3 aromatic carbocycles. The molecule has 1 heterocycles. The maximum Gasteiger partial charge on any atom is 0.232 e. The third kappa shape index (κ3) is 7.93. The molecule has 6 heteroatoms. The van der Waals surface area contributed by atoms with Crippen LogP contribution in [0.5, 0.6) is 5.75 Å². The smallest absolute Gasteiger partial charge is 0.232 e. The first-order chi connectivity index (χ1) is 19.1. The fourth-order valence-corrected chi connectivity index (χ4v) is 5.45. The molecule has 4 rings (SSSR count). The van der Waals surface area contributed by atoms with E-state index in [-0.39, 0.29) is 17.7 Å². The number of ether oxygens (including phenoxy) is 1. The summed E-state index contributed by atoms with van der Waals surface area (Å²) < 4.78 is 5.65. The number of carbonyl (C=O) groups excluding carboxylic acids is 2. The summed E-state index contributed by atoms with van der Waals surface area (Å²) in [5.41, 5.74) is 4.03. The molecule has 0 atom stereocenters. The molecule has 1 aliphatic rings. The monoisotopic (exact) mass is 527 g/mol.